The molecule has 1 N–H and O–H groups in total. The molecule has 0 aliphatic carbocycles. The molecule has 1 nitrogen and oxygen atoms in total. The molecule has 1 aliphatic heterocycles. The van der Waals surface area contributed by atoms with Gasteiger partial charge in [0.05, 0.1) is 0 Å². The van der Waals surface area contributed by atoms with Gasteiger partial charge in [0.1, 0.15) is 0 Å². The molecular weight excluding hydrogens is 262 g/mol. The molecule has 1 aliphatic rings. The summed E-state index contributed by atoms with van der Waals surface area (Å²) in [5, 5.41) is 4.33. The van der Waals surface area contributed by atoms with E-state index in [2.05, 4.69) is 69.2 Å². The molecule has 1 saturated heterocycles. The Morgan fingerprint density at radius 1 is 1.20 bits per heavy atom. The fourth-order valence-electron chi connectivity index (χ4n) is 2.90. The molecule has 20 heavy (non-hydrogen) atoms. The molecule has 112 valence electrons. The molecule has 0 saturated carbocycles. The van der Waals surface area contributed by atoms with Gasteiger partial charge in [-0.05, 0) is 48.6 Å². The third-order valence-corrected chi connectivity index (χ3v) is 5.83. The fourth-order valence-corrected chi connectivity index (χ4v) is 4.37. The topological polar surface area (TPSA) is 12.0 Å². The minimum Gasteiger partial charge on any atom is -0.316 e. The second kappa shape index (κ2) is 7.00. The van der Waals surface area contributed by atoms with Crippen LogP contribution in [0.3, 0.4) is 0 Å². The molecule has 0 radical (unpaired) electrons. The summed E-state index contributed by atoms with van der Waals surface area (Å²) in [6.45, 7) is 6.82. The maximum absolute atomic E-state index is 3.54. The van der Waals surface area contributed by atoms with E-state index in [1.807, 2.05) is 0 Å². The fraction of sp³-hybridized carbons (Fsp3) is 0.667. The number of hydrogen-bond donors (Lipinski definition) is 1. The van der Waals surface area contributed by atoms with Gasteiger partial charge in [-0.1, -0.05) is 51.5 Å². The van der Waals surface area contributed by atoms with E-state index in [0.717, 1.165) is 11.7 Å². The summed E-state index contributed by atoms with van der Waals surface area (Å²) in [7, 11) is 2.11. The van der Waals surface area contributed by atoms with Gasteiger partial charge in [-0.25, -0.2) is 0 Å². The predicted molar refractivity (Wildman–Crippen MR) is 91.8 cm³/mol. The summed E-state index contributed by atoms with van der Waals surface area (Å²) in [6.07, 6.45) is 5.32. The lowest BCUT2D eigenvalue weighted by atomic mass is 9.86. The normalized spacial score (nSPS) is 21.7. The maximum atomic E-state index is 3.54. The Bertz CT molecular complexity index is 398. The van der Waals surface area contributed by atoms with Crippen LogP contribution in [0.5, 0.6) is 0 Å². The molecule has 1 heterocycles. The summed E-state index contributed by atoms with van der Waals surface area (Å²) < 4.78 is 0. The first-order valence-electron chi connectivity index (χ1n) is 7.89. The van der Waals surface area contributed by atoms with Crippen molar-refractivity contribution in [2.24, 2.45) is 0 Å². The van der Waals surface area contributed by atoms with Gasteiger partial charge in [-0.3, -0.25) is 0 Å². The third kappa shape index (κ3) is 4.26. The van der Waals surface area contributed by atoms with Crippen LogP contribution in [0.4, 0.5) is 0 Å². The largest absolute Gasteiger partial charge is 0.316 e. The average molecular weight is 292 g/mol. The minimum absolute atomic E-state index is 0.250. The quantitative estimate of drug-likeness (QED) is 0.882. The van der Waals surface area contributed by atoms with Gasteiger partial charge in [0.15, 0.2) is 0 Å². The van der Waals surface area contributed by atoms with Crippen molar-refractivity contribution in [2.75, 3.05) is 12.8 Å². The second-order valence-corrected chi connectivity index (χ2v) is 8.30. The van der Waals surface area contributed by atoms with Crippen LogP contribution < -0.4 is 5.32 Å². The zero-order chi connectivity index (χ0) is 14.6. The van der Waals surface area contributed by atoms with Crippen molar-refractivity contribution < 1.29 is 0 Å². The molecule has 0 bridgehead atoms. The van der Waals surface area contributed by atoms with Crippen molar-refractivity contribution in [1.29, 1.82) is 0 Å². The highest BCUT2D eigenvalue weighted by Gasteiger charge is 2.23. The van der Waals surface area contributed by atoms with Crippen molar-refractivity contribution in [3.63, 3.8) is 0 Å². The monoisotopic (exact) mass is 291 g/mol. The van der Waals surface area contributed by atoms with Crippen molar-refractivity contribution >= 4 is 11.8 Å². The van der Waals surface area contributed by atoms with Crippen LogP contribution >= 0.6 is 11.8 Å². The van der Waals surface area contributed by atoms with Gasteiger partial charge in [-0.2, -0.15) is 11.8 Å². The highest BCUT2D eigenvalue weighted by atomic mass is 32.2. The molecular formula is C18H29NS. The van der Waals surface area contributed by atoms with Crippen LogP contribution in [0.15, 0.2) is 24.3 Å². The average Bonchev–Trinajstić information content (AvgIpc) is 2.45. The Kier molecular flexibility index (Phi) is 5.57. The first-order chi connectivity index (χ1) is 9.50. The van der Waals surface area contributed by atoms with Crippen LogP contribution in [-0.2, 0) is 11.8 Å². The number of nitrogens with one attached hydrogen (secondary N) is 1. The number of likely N-dealkylation sites (N-methyl/N-ethyl adjacent to an activating group) is 1. The maximum Gasteiger partial charge on any atom is 0.0223 e. The first kappa shape index (κ1) is 15.9. The molecule has 2 rings (SSSR count). The third-order valence-electron chi connectivity index (χ3n) is 4.31. The van der Waals surface area contributed by atoms with Crippen LogP contribution in [0.2, 0.25) is 0 Å². The summed E-state index contributed by atoms with van der Waals surface area (Å²) in [5.74, 6) is 1.34. The lowest BCUT2D eigenvalue weighted by Crippen LogP contribution is -2.39. The van der Waals surface area contributed by atoms with E-state index in [0.29, 0.717) is 6.04 Å². The van der Waals surface area contributed by atoms with E-state index >= 15 is 0 Å². The van der Waals surface area contributed by atoms with E-state index in [4.69, 9.17) is 0 Å². The lowest BCUT2D eigenvalue weighted by Gasteiger charge is -2.30. The zero-order valence-electron chi connectivity index (χ0n) is 13.4. The molecule has 1 fully saturated rings. The van der Waals surface area contributed by atoms with Gasteiger partial charge < -0.3 is 5.32 Å². The van der Waals surface area contributed by atoms with E-state index in [9.17, 15) is 0 Å². The van der Waals surface area contributed by atoms with E-state index in [-0.39, 0.29) is 5.41 Å². The van der Waals surface area contributed by atoms with Crippen molar-refractivity contribution in [3.8, 4) is 0 Å². The Morgan fingerprint density at radius 2 is 1.90 bits per heavy atom. The summed E-state index contributed by atoms with van der Waals surface area (Å²) >= 11 is 2.16. The number of rotatable bonds is 4. The van der Waals surface area contributed by atoms with Crippen molar-refractivity contribution in [3.05, 3.63) is 35.4 Å². The second-order valence-electron chi connectivity index (χ2n) is 6.95. The van der Waals surface area contributed by atoms with Gasteiger partial charge in [0.25, 0.3) is 0 Å². The molecule has 2 heteroatoms. The molecule has 2 atom stereocenters. The Balaban J connectivity index is 2.00. The SMILES string of the molecule is CNC(Cc1ccc(C(C)(C)C)cc1)C1CCCCS1. The zero-order valence-corrected chi connectivity index (χ0v) is 14.2. The number of hydrogen-bond acceptors (Lipinski definition) is 2. The molecule has 1 aromatic rings. The summed E-state index contributed by atoms with van der Waals surface area (Å²) in [6, 6.07) is 9.85. The van der Waals surface area contributed by atoms with Gasteiger partial charge in [0, 0.05) is 11.3 Å². The standard InChI is InChI=1S/C18H29NS/c1-18(2,3)15-10-8-14(9-11-15)13-16(19-4)17-7-5-6-12-20-17/h8-11,16-17,19H,5-7,12-13H2,1-4H3. The van der Waals surface area contributed by atoms with Crippen LogP contribution in [0.25, 0.3) is 0 Å². The molecule has 1 aromatic carbocycles. The van der Waals surface area contributed by atoms with Gasteiger partial charge in [0.2, 0.25) is 0 Å². The number of benzene rings is 1. The first-order valence-corrected chi connectivity index (χ1v) is 8.94. The van der Waals surface area contributed by atoms with E-state index in [1.54, 1.807) is 0 Å². The molecule has 0 amide bonds. The van der Waals surface area contributed by atoms with E-state index < -0.39 is 0 Å². The minimum atomic E-state index is 0.250. The van der Waals surface area contributed by atoms with Crippen molar-refractivity contribution in [2.45, 2.75) is 63.2 Å². The summed E-state index contributed by atoms with van der Waals surface area (Å²) in [4.78, 5) is 0. The molecule has 2 unspecified atom stereocenters. The molecule has 0 spiro atoms. The van der Waals surface area contributed by atoms with Crippen LogP contribution in [0.1, 0.15) is 51.2 Å². The van der Waals surface area contributed by atoms with E-state index in [1.165, 1.54) is 36.1 Å². The Labute approximate surface area is 128 Å². The van der Waals surface area contributed by atoms with Crippen molar-refractivity contribution in [1.82, 2.24) is 5.32 Å². The lowest BCUT2D eigenvalue weighted by molar-refractivity contribution is 0.494. The molecule has 0 aromatic heterocycles. The predicted octanol–water partition coefficient (Wildman–Crippen LogP) is 4.40. The van der Waals surface area contributed by atoms with Crippen LogP contribution in [0, 0.1) is 0 Å². The highest BCUT2D eigenvalue weighted by Crippen LogP contribution is 2.29. The van der Waals surface area contributed by atoms with Crippen LogP contribution in [-0.4, -0.2) is 24.1 Å². The van der Waals surface area contributed by atoms with Gasteiger partial charge >= 0.3 is 0 Å². The smallest absolute Gasteiger partial charge is 0.0223 e. The Hall–Kier alpha value is -0.470. The highest BCUT2D eigenvalue weighted by molar-refractivity contribution is 8.00. The van der Waals surface area contributed by atoms with Gasteiger partial charge in [-0.15, -0.1) is 0 Å². The number of thioether (sulfide) groups is 1. The Morgan fingerprint density at radius 3 is 2.40 bits per heavy atom. The summed E-state index contributed by atoms with van der Waals surface area (Å²) in [5.41, 5.74) is 3.14.